The molecule has 2 aliphatic heterocycles. The molecule has 2 aliphatic rings. The van der Waals surface area contributed by atoms with E-state index in [0.717, 1.165) is 4.91 Å². The molecule has 0 aromatic heterocycles. The van der Waals surface area contributed by atoms with Crippen LogP contribution >= 0.6 is 12.0 Å². The first-order chi connectivity index (χ1) is 6.67. The van der Waals surface area contributed by atoms with Crippen molar-refractivity contribution < 1.29 is 4.18 Å². The number of hydrogen-bond donors (Lipinski definition) is 0. The van der Waals surface area contributed by atoms with Crippen LogP contribution in [0.1, 0.15) is 13.8 Å². The van der Waals surface area contributed by atoms with Crippen LogP contribution in [0.3, 0.4) is 0 Å². The van der Waals surface area contributed by atoms with Gasteiger partial charge in [0.25, 0.3) is 0 Å². The van der Waals surface area contributed by atoms with Crippen LogP contribution in [0.4, 0.5) is 0 Å². The van der Waals surface area contributed by atoms with Crippen LogP contribution < -0.4 is 0 Å². The fraction of sp³-hybridized carbons (Fsp3) is 0.364. The van der Waals surface area contributed by atoms with Gasteiger partial charge in [-0.1, -0.05) is 12.2 Å². The van der Waals surface area contributed by atoms with Crippen LogP contribution in [0.5, 0.6) is 0 Å². The van der Waals surface area contributed by atoms with Gasteiger partial charge < -0.3 is 4.18 Å². The van der Waals surface area contributed by atoms with Gasteiger partial charge in [0.05, 0.1) is 12.1 Å². The predicted octanol–water partition coefficient (Wildman–Crippen LogP) is 2.89. The van der Waals surface area contributed by atoms with Crippen molar-refractivity contribution in [3.63, 3.8) is 0 Å². The summed E-state index contributed by atoms with van der Waals surface area (Å²) in [5, 5.41) is 0. The predicted molar refractivity (Wildman–Crippen MR) is 61.4 cm³/mol. The van der Waals surface area contributed by atoms with E-state index < -0.39 is 0 Å². The lowest BCUT2D eigenvalue weighted by Crippen LogP contribution is -2.12. The van der Waals surface area contributed by atoms with E-state index in [1.807, 2.05) is 18.4 Å². The molecule has 2 nitrogen and oxygen atoms in total. The molecule has 0 saturated carbocycles. The highest BCUT2D eigenvalue weighted by Crippen LogP contribution is 2.31. The number of fused-ring (bicyclic) bond motifs is 1. The second-order valence-corrected chi connectivity index (χ2v) is 4.67. The topological polar surface area (TPSA) is 21.6 Å². The van der Waals surface area contributed by atoms with Gasteiger partial charge in [-0.25, -0.2) is 0 Å². The van der Waals surface area contributed by atoms with Crippen LogP contribution in [0.25, 0.3) is 0 Å². The number of allylic oxidation sites excluding steroid dienone is 3. The van der Waals surface area contributed by atoms with E-state index in [0.29, 0.717) is 6.61 Å². The molecular formula is C11H13NOS. The van der Waals surface area contributed by atoms with E-state index in [9.17, 15) is 0 Å². The maximum atomic E-state index is 5.35. The van der Waals surface area contributed by atoms with Crippen LogP contribution in [0, 0.1) is 0 Å². The highest BCUT2D eigenvalue weighted by Gasteiger charge is 2.17. The van der Waals surface area contributed by atoms with Crippen molar-refractivity contribution >= 4 is 18.3 Å². The first-order valence-electron chi connectivity index (χ1n) is 4.62. The molecule has 2 rings (SSSR count). The summed E-state index contributed by atoms with van der Waals surface area (Å²) in [5.74, 6) is 0. The standard InChI is InChI=1S/C11H13NOS/c1-11(2)8-9-4-3-7-13-14-10(9)5-6-12-11/h3-6,8H,7H2,1-2H3. The first-order valence-corrected chi connectivity index (χ1v) is 5.36. The Kier molecular flexibility index (Phi) is 2.61. The monoisotopic (exact) mass is 207 g/mol. The van der Waals surface area contributed by atoms with Crippen LogP contribution in [0.15, 0.2) is 39.8 Å². The summed E-state index contributed by atoms with van der Waals surface area (Å²) in [6.45, 7) is 4.85. The van der Waals surface area contributed by atoms with Crippen molar-refractivity contribution in [2.75, 3.05) is 6.61 Å². The fourth-order valence-electron chi connectivity index (χ4n) is 1.40. The maximum Gasteiger partial charge on any atom is 0.0803 e. The Morgan fingerprint density at radius 3 is 3.21 bits per heavy atom. The van der Waals surface area contributed by atoms with Crippen molar-refractivity contribution in [3.8, 4) is 0 Å². The van der Waals surface area contributed by atoms with Gasteiger partial charge in [-0.15, -0.1) is 0 Å². The molecule has 0 aromatic carbocycles. The minimum atomic E-state index is -0.122. The largest absolute Gasteiger partial charge is 0.306 e. The molecule has 3 heteroatoms. The van der Waals surface area contributed by atoms with E-state index in [2.05, 4.69) is 31.0 Å². The highest BCUT2D eigenvalue weighted by molar-refractivity contribution is 7.98. The fourth-order valence-corrected chi connectivity index (χ4v) is 2.01. The smallest absolute Gasteiger partial charge is 0.0803 e. The maximum absolute atomic E-state index is 5.35. The molecular weight excluding hydrogens is 194 g/mol. The van der Waals surface area contributed by atoms with Crippen molar-refractivity contribution in [3.05, 3.63) is 34.8 Å². The average molecular weight is 207 g/mol. The zero-order valence-electron chi connectivity index (χ0n) is 8.36. The average Bonchev–Trinajstić information content (AvgIpc) is 2.36. The normalized spacial score (nSPS) is 24.4. The van der Waals surface area contributed by atoms with Gasteiger partial charge in [0.15, 0.2) is 0 Å². The molecule has 0 radical (unpaired) electrons. The van der Waals surface area contributed by atoms with Gasteiger partial charge >= 0.3 is 0 Å². The van der Waals surface area contributed by atoms with Gasteiger partial charge in [0.2, 0.25) is 0 Å². The lowest BCUT2D eigenvalue weighted by Gasteiger charge is -2.14. The molecule has 0 aliphatic carbocycles. The van der Waals surface area contributed by atoms with E-state index >= 15 is 0 Å². The molecule has 0 N–H and O–H groups in total. The lowest BCUT2D eigenvalue weighted by atomic mass is 10.0. The Morgan fingerprint density at radius 2 is 2.36 bits per heavy atom. The second kappa shape index (κ2) is 3.75. The molecule has 2 heterocycles. The van der Waals surface area contributed by atoms with Gasteiger partial charge in [-0.3, -0.25) is 4.99 Å². The third-order valence-corrected chi connectivity index (χ3v) is 2.84. The molecule has 0 spiro atoms. The van der Waals surface area contributed by atoms with E-state index in [1.165, 1.54) is 17.6 Å². The van der Waals surface area contributed by atoms with Crippen LogP contribution in [-0.4, -0.2) is 18.4 Å². The molecule has 0 fully saturated rings. The van der Waals surface area contributed by atoms with Crippen molar-refractivity contribution in [1.82, 2.24) is 0 Å². The summed E-state index contributed by atoms with van der Waals surface area (Å²) in [6.07, 6.45) is 10.2. The van der Waals surface area contributed by atoms with E-state index in [-0.39, 0.29) is 5.54 Å². The Morgan fingerprint density at radius 1 is 1.50 bits per heavy atom. The van der Waals surface area contributed by atoms with Gasteiger partial charge in [0.1, 0.15) is 0 Å². The van der Waals surface area contributed by atoms with Crippen molar-refractivity contribution in [1.29, 1.82) is 0 Å². The summed E-state index contributed by atoms with van der Waals surface area (Å²) < 4.78 is 5.35. The molecule has 0 atom stereocenters. The zero-order valence-corrected chi connectivity index (χ0v) is 9.17. The highest BCUT2D eigenvalue weighted by atomic mass is 32.2. The Labute approximate surface area is 88.6 Å². The Hall–Kier alpha value is -0.800. The number of nitrogens with zero attached hydrogens (tertiary/aromatic N) is 1. The lowest BCUT2D eigenvalue weighted by molar-refractivity contribution is 0.433. The minimum absolute atomic E-state index is 0.122. The zero-order chi connectivity index (χ0) is 10.0. The number of rotatable bonds is 0. The SMILES string of the molecule is CC1(C)C=C2C=CCOSC2=CC=N1. The van der Waals surface area contributed by atoms with Gasteiger partial charge in [0, 0.05) is 23.2 Å². The molecule has 14 heavy (non-hydrogen) atoms. The molecule has 74 valence electrons. The summed E-state index contributed by atoms with van der Waals surface area (Å²) in [5.41, 5.74) is 1.08. The Bertz CT molecular complexity index is 350. The molecule has 0 saturated heterocycles. The van der Waals surface area contributed by atoms with Crippen LogP contribution in [-0.2, 0) is 4.18 Å². The third kappa shape index (κ3) is 2.16. The first kappa shape index (κ1) is 9.74. The summed E-state index contributed by atoms with van der Waals surface area (Å²) in [4.78, 5) is 5.56. The minimum Gasteiger partial charge on any atom is -0.306 e. The van der Waals surface area contributed by atoms with E-state index in [4.69, 9.17) is 4.18 Å². The second-order valence-electron chi connectivity index (χ2n) is 3.83. The Balaban J connectivity index is 2.41. The van der Waals surface area contributed by atoms with Gasteiger partial charge in [-0.2, -0.15) is 0 Å². The van der Waals surface area contributed by atoms with E-state index in [1.54, 1.807) is 0 Å². The van der Waals surface area contributed by atoms with Crippen molar-refractivity contribution in [2.45, 2.75) is 19.4 Å². The number of aliphatic imine (C=N–C) groups is 1. The summed E-state index contributed by atoms with van der Waals surface area (Å²) >= 11 is 1.42. The molecule has 0 aromatic rings. The summed E-state index contributed by atoms with van der Waals surface area (Å²) in [7, 11) is 0. The molecule has 0 amide bonds. The third-order valence-electron chi connectivity index (χ3n) is 2.04. The van der Waals surface area contributed by atoms with Crippen LogP contribution in [0.2, 0.25) is 0 Å². The van der Waals surface area contributed by atoms with Crippen molar-refractivity contribution in [2.24, 2.45) is 4.99 Å². The molecule has 0 unspecified atom stereocenters. The number of hydrogen-bond acceptors (Lipinski definition) is 3. The quantitative estimate of drug-likeness (QED) is 0.570. The summed E-state index contributed by atoms with van der Waals surface area (Å²) in [6, 6.07) is 0. The van der Waals surface area contributed by atoms with Gasteiger partial charge in [-0.05, 0) is 31.6 Å². The molecule has 0 bridgehead atoms.